The second-order valence-electron chi connectivity index (χ2n) is 5.84. The Morgan fingerprint density at radius 2 is 1.55 bits per heavy atom. The molecule has 0 saturated carbocycles. The van der Waals surface area contributed by atoms with Gasteiger partial charge in [0, 0.05) is 6.07 Å². The minimum atomic E-state index is -4.08. The topological polar surface area (TPSA) is 72.8 Å². The van der Waals surface area contributed by atoms with Crippen LogP contribution in [0.2, 0.25) is 0 Å². The Labute approximate surface area is 180 Å². The lowest BCUT2D eigenvalue weighted by Gasteiger charge is -2.11. The van der Waals surface area contributed by atoms with E-state index in [4.69, 9.17) is 14.0 Å². The van der Waals surface area contributed by atoms with Crippen molar-refractivity contribution in [2.75, 3.05) is 0 Å². The molecular formula is C22H23BrO5S. The van der Waals surface area contributed by atoms with Gasteiger partial charge in [-0.1, -0.05) is 56.3 Å². The van der Waals surface area contributed by atoms with Crippen molar-refractivity contribution in [3.05, 3.63) is 88.4 Å². The van der Waals surface area contributed by atoms with Crippen LogP contribution in [0.1, 0.15) is 25.0 Å². The standard InChI is InChI=1S/C20H17BrO5S.C2H6/c21-19-11-16(14-27(22,23)24)9-10-20(19)26-18-8-4-7-17(12-18)25-13-15-5-2-1-3-6-15;1-2/h1-12H,13-14H2,(H,22,23,24);1-2H3. The maximum atomic E-state index is 11.0. The first-order valence-corrected chi connectivity index (χ1v) is 11.5. The van der Waals surface area contributed by atoms with Crippen LogP contribution in [0.15, 0.2) is 77.3 Å². The van der Waals surface area contributed by atoms with E-state index < -0.39 is 15.9 Å². The van der Waals surface area contributed by atoms with Crippen molar-refractivity contribution in [3.63, 3.8) is 0 Å². The summed E-state index contributed by atoms with van der Waals surface area (Å²) in [6, 6.07) is 21.9. The van der Waals surface area contributed by atoms with Crippen LogP contribution < -0.4 is 9.47 Å². The second-order valence-corrected chi connectivity index (χ2v) is 8.15. The van der Waals surface area contributed by atoms with E-state index >= 15 is 0 Å². The monoisotopic (exact) mass is 478 g/mol. The van der Waals surface area contributed by atoms with Gasteiger partial charge < -0.3 is 9.47 Å². The van der Waals surface area contributed by atoms with Crippen molar-refractivity contribution < 1.29 is 22.4 Å². The third-order valence-corrected chi connectivity index (χ3v) is 4.94. The summed E-state index contributed by atoms with van der Waals surface area (Å²) in [7, 11) is -4.08. The fourth-order valence-corrected chi connectivity index (χ4v) is 3.53. The van der Waals surface area contributed by atoms with Gasteiger partial charge in [-0.25, -0.2) is 0 Å². The molecular weight excluding hydrogens is 456 g/mol. The van der Waals surface area contributed by atoms with Gasteiger partial charge in [0.1, 0.15) is 29.6 Å². The second kappa shape index (κ2) is 11.0. The van der Waals surface area contributed by atoms with Gasteiger partial charge in [-0.05, 0) is 51.3 Å². The highest BCUT2D eigenvalue weighted by Crippen LogP contribution is 2.32. The summed E-state index contributed by atoms with van der Waals surface area (Å²) in [6.07, 6.45) is 0. The van der Waals surface area contributed by atoms with Gasteiger partial charge >= 0.3 is 0 Å². The average Bonchev–Trinajstić information content (AvgIpc) is 2.70. The van der Waals surface area contributed by atoms with Crippen LogP contribution in [0.5, 0.6) is 17.2 Å². The molecule has 0 aliphatic rings. The van der Waals surface area contributed by atoms with Crippen molar-refractivity contribution in [1.82, 2.24) is 0 Å². The molecule has 29 heavy (non-hydrogen) atoms. The summed E-state index contributed by atoms with van der Waals surface area (Å²) >= 11 is 3.36. The van der Waals surface area contributed by atoms with Crippen LogP contribution in [0.3, 0.4) is 0 Å². The number of halogens is 1. The summed E-state index contributed by atoms with van der Waals surface area (Å²) in [5.41, 5.74) is 1.53. The molecule has 1 N–H and O–H groups in total. The fraction of sp³-hybridized carbons (Fsp3) is 0.182. The van der Waals surface area contributed by atoms with Gasteiger partial charge in [0.15, 0.2) is 0 Å². The Bertz CT molecular complexity index is 1020. The number of rotatable bonds is 7. The molecule has 3 rings (SSSR count). The molecule has 0 saturated heterocycles. The molecule has 5 nitrogen and oxygen atoms in total. The van der Waals surface area contributed by atoms with Gasteiger partial charge in [0.05, 0.1) is 4.47 Å². The molecule has 0 aliphatic heterocycles. The summed E-state index contributed by atoms with van der Waals surface area (Å²) < 4.78 is 43.1. The van der Waals surface area contributed by atoms with E-state index in [0.29, 0.717) is 33.9 Å². The van der Waals surface area contributed by atoms with Gasteiger partial charge in [-0.15, -0.1) is 0 Å². The van der Waals surface area contributed by atoms with E-state index in [-0.39, 0.29) is 0 Å². The SMILES string of the molecule is CC.O=S(=O)(O)Cc1ccc(Oc2cccc(OCc3ccccc3)c2)c(Br)c1. The normalized spacial score (nSPS) is 10.6. The highest BCUT2D eigenvalue weighted by Gasteiger charge is 2.10. The van der Waals surface area contributed by atoms with Crippen LogP contribution in [0, 0.1) is 0 Å². The zero-order valence-corrected chi connectivity index (χ0v) is 18.6. The van der Waals surface area contributed by atoms with Gasteiger partial charge in [0.2, 0.25) is 0 Å². The zero-order chi connectivity index (χ0) is 21.3. The Morgan fingerprint density at radius 3 is 2.21 bits per heavy atom. The van der Waals surface area contributed by atoms with E-state index in [0.717, 1.165) is 5.56 Å². The number of hydrogen-bond acceptors (Lipinski definition) is 4. The van der Waals surface area contributed by atoms with Crippen molar-refractivity contribution in [2.24, 2.45) is 0 Å². The Balaban J connectivity index is 0.00000145. The molecule has 0 atom stereocenters. The quantitative estimate of drug-likeness (QED) is 0.407. The largest absolute Gasteiger partial charge is 0.489 e. The zero-order valence-electron chi connectivity index (χ0n) is 16.2. The highest BCUT2D eigenvalue weighted by atomic mass is 79.9. The Hall–Kier alpha value is -2.35. The first kappa shape index (κ1) is 22.9. The molecule has 0 aliphatic carbocycles. The lowest BCUT2D eigenvalue weighted by molar-refractivity contribution is 0.304. The third kappa shape index (κ3) is 7.89. The minimum Gasteiger partial charge on any atom is -0.489 e. The molecule has 0 fully saturated rings. The van der Waals surface area contributed by atoms with Crippen LogP contribution in [0.25, 0.3) is 0 Å². The van der Waals surface area contributed by atoms with Crippen molar-refractivity contribution in [3.8, 4) is 17.2 Å². The smallest absolute Gasteiger partial charge is 0.269 e. The first-order chi connectivity index (χ1) is 13.9. The maximum Gasteiger partial charge on any atom is 0.269 e. The van der Waals surface area contributed by atoms with E-state index in [1.54, 1.807) is 30.3 Å². The Kier molecular flexibility index (Phi) is 8.70. The Morgan fingerprint density at radius 1 is 0.862 bits per heavy atom. The number of ether oxygens (including phenoxy) is 2. The van der Waals surface area contributed by atoms with Crippen molar-refractivity contribution >= 4 is 26.0 Å². The predicted octanol–water partition coefficient (Wildman–Crippen LogP) is 6.23. The molecule has 0 unspecified atom stereocenters. The fourth-order valence-electron chi connectivity index (χ4n) is 2.42. The summed E-state index contributed by atoms with van der Waals surface area (Å²) in [4.78, 5) is 0. The van der Waals surface area contributed by atoms with E-state index in [1.165, 1.54) is 0 Å². The van der Waals surface area contributed by atoms with Crippen LogP contribution in [-0.4, -0.2) is 13.0 Å². The van der Waals surface area contributed by atoms with Gasteiger partial charge in [-0.2, -0.15) is 8.42 Å². The molecule has 0 amide bonds. The lowest BCUT2D eigenvalue weighted by atomic mass is 10.2. The van der Waals surface area contributed by atoms with Gasteiger partial charge in [-0.3, -0.25) is 4.55 Å². The summed E-state index contributed by atoms with van der Waals surface area (Å²) in [5, 5.41) is 0. The van der Waals surface area contributed by atoms with E-state index in [1.807, 2.05) is 56.3 Å². The molecule has 0 radical (unpaired) electrons. The van der Waals surface area contributed by atoms with Gasteiger partial charge in [0.25, 0.3) is 10.1 Å². The minimum absolute atomic E-state index is 0.450. The molecule has 0 bridgehead atoms. The molecule has 0 aromatic heterocycles. The molecule has 0 spiro atoms. The van der Waals surface area contributed by atoms with Crippen molar-refractivity contribution in [1.29, 1.82) is 0 Å². The summed E-state index contributed by atoms with van der Waals surface area (Å²) in [6.45, 7) is 4.46. The lowest BCUT2D eigenvalue weighted by Crippen LogP contribution is -2.01. The third-order valence-electron chi connectivity index (χ3n) is 3.63. The first-order valence-electron chi connectivity index (χ1n) is 9.07. The van der Waals surface area contributed by atoms with Crippen LogP contribution >= 0.6 is 15.9 Å². The highest BCUT2D eigenvalue weighted by molar-refractivity contribution is 9.10. The molecule has 3 aromatic rings. The number of hydrogen-bond donors (Lipinski definition) is 1. The van der Waals surface area contributed by atoms with Crippen molar-refractivity contribution in [2.45, 2.75) is 26.2 Å². The predicted molar refractivity (Wildman–Crippen MR) is 118 cm³/mol. The molecule has 3 aromatic carbocycles. The van der Waals surface area contributed by atoms with E-state index in [9.17, 15) is 8.42 Å². The average molecular weight is 479 g/mol. The summed E-state index contributed by atoms with van der Waals surface area (Å²) in [5.74, 6) is 1.34. The molecule has 0 heterocycles. The maximum absolute atomic E-state index is 11.0. The molecule has 7 heteroatoms. The van der Waals surface area contributed by atoms with Crippen LogP contribution in [0.4, 0.5) is 0 Å². The van der Waals surface area contributed by atoms with Crippen LogP contribution in [-0.2, 0) is 22.5 Å². The molecule has 154 valence electrons. The number of benzene rings is 3. The van der Waals surface area contributed by atoms with E-state index in [2.05, 4.69) is 15.9 Å².